The molecule has 9 heteroatoms. The van der Waals surface area contributed by atoms with Gasteiger partial charge in [0.25, 0.3) is 0 Å². The van der Waals surface area contributed by atoms with Gasteiger partial charge in [-0.2, -0.15) is 4.52 Å². The molecule has 3 aromatic heterocycles. The lowest BCUT2D eigenvalue weighted by Gasteiger charge is -2.34. The minimum Gasteiger partial charge on any atom is -0.363 e. The largest absolute Gasteiger partial charge is 0.363 e. The van der Waals surface area contributed by atoms with Crippen molar-refractivity contribution in [3.8, 4) is 0 Å². The number of hydrogen-bond acceptors (Lipinski definition) is 8. The summed E-state index contributed by atoms with van der Waals surface area (Å²) in [5.74, 6) is 1.70. The standard InChI is InChI=1S/C20H23N9/c1-2-27-9-11-28(12-10-27)18-8-7-15(13-21-18)14-22-19-20-24-25-26-29(20)17-6-4-3-5-16(17)23-19/h3-8,13H,2,9-12,14H2,1H3,(H,22,23). The fourth-order valence-electron chi connectivity index (χ4n) is 3.71. The zero-order valence-corrected chi connectivity index (χ0v) is 16.4. The zero-order valence-electron chi connectivity index (χ0n) is 16.4. The Kier molecular flexibility index (Phi) is 4.65. The number of aromatic nitrogens is 6. The molecule has 1 saturated heterocycles. The molecule has 1 N–H and O–H groups in total. The number of tetrazole rings is 1. The fraction of sp³-hybridized carbons (Fsp3) is 0.350. The van der Waals surface area contributed by atoms with Crippen molar-refractivity contribution in [2.75, 3.05) is 42.9 Å². The molecule has 0 bridgehead atoms. The van der Waals surface area contributed by atoms with Gasteiger partial charge < -0.3 is 15.1 Å². The third kappa shape index (κ3) is 3.44. The number of nitrogens with one attached hydrogen (secondary N) is 1. The lowest BCUT2D eigenvalue weighted by molar-refractivity contribution is 0.270. The summed E-state index contributed by atoms with van der Waals surface area (Å²) in [4.78, 5) is 14.2. The molecule has 5 rings (SSSR count). The molecule has 0 aliphatic carbocycles. The van der Waals surface area contributed by atoms with Crippen LogP contribution in [0, 0.1) is 0 Å². The van der Waals surface area contributed by atoms with Gasteiger partial charge >= 0.3 is 0 Å². The number of pyridine rings is 1. The first-order valence-corrected chi connectivity index (χ1v) is 9.95. The second kappa shape index (κ2) is 7.59. The van der Waals surface area contributed by atoms with Gasteiger partial charge in [0.05, 0.1) is 11.0 Å². The monoisotopic (exact) mass is 389 g/mol. The molecule has 0 spiro atoms. The Bertz CT molecular complexity index is 1110. The smallest absolute Gasteiger partial charge is 0.222 e. The molecule has 1 fully saturated rings. The summed E-state index contributed by atoms with van der Waals surface area (Å²) in [7, 11) is 0. The first-order valence-electron chi connectivity index (χ1n) is 9.95. The number of piperazine rings is 1. The molecular weight excluding hydrogens is 366 g/mol. The van der Waals surface area contributed by atoms with E-state index in [9.17, 15) is 0 Å². The molecule has 1 aromatic carbocycles. The van der Waals surface area contributed by atoms with E-state index in [1.165, 1.54) is 0 Å². The number of benzene rings is 1. The van der Waals surface area contributed by atoms with Crippen LogP contribution in [0.5, 0.6) is 0 Å². The minimum atomic E-state index is 0.602. The van der Waals surface area contributed by atoms with Crippen molar-refractivity contribution in [2.45, 2.75) is 13.5 Å². The van der Waals surface area contributed by atoms with Crippen LogP contribution in [0.2, 0.25) is 0 Å². The molecule has 4 aromatic rings. The van der Waals surface area contributed by atoms with Crippen LogP contribution >= 0.6 is 0 Å². The third-order valence-electron chi connectivity index (χ3n) is 5.44. The highest BCUT2D eigenvalue weighted by atomic mass is 15.5. The second-order valence-electron chi connectivity index (χ2n) is 7.16. The van der Waals surface area contributed by atoms with Crippen molar-refractivity contribution >= 4 is 28.3 Å². The van der Waals surface area contributed by atoms with E-state index in [0.717, 1.165) is 55.1 Å². The summed E-state index contributed by atoms with van der Waals surface area (Å²) < 4.78 is 1.71. The highest BCUT2D eigenvalue weighted by molar-refractivity contribution is 5.81. The first-order chi connectivity index (χ1) is 14.3. The van der Waals surface area contributed by atoms with Crippen LogP contribution in [0.1, 0.15) is 12.5 Å². The number of hydrogen-bond donors (Lipinski definition) is 1. The Morgan fingerprint density at radius 3 is 2.69 bits per heavy atom. The molecule has 0 unspecified atom stereocenters. The average Bonchev–Trinajstić information content (AvgIpc) is 3.28. The van der Waals surface area contributed by atoms with Crippen LogP contribution in [0.15, 0.2) is 42.6 Å². The van der Waals surface area contributed by atoms with E-state index in [2.05, 4.69) is 59.7 Å². The number of anilines is 2. The van der Waals surface area contributed by atoms with Crippen molar-refractivity contribution in [2.24, 2.45) is 0 Å². The molecule has 0 atom stereocenters. The van der Waals surface area contributed by atoms with Crippen LogP contribution < -0.4 is 10.2 Å². The van der Waals surface area contributed by atoms with Crippen molar-refractivity contribution < 1.29 is 0 Å². The van der Waals surface area contributed by atoms with Crippen molar-refractivity contribution in [3.63, 3.8) is 0 Å². The number of likely N-dealkylation sites (N-methyl/N-ethyl adjacent to an activating group) is 1. The van der Waals surface area contributed by atoms with Crippen LogP contribution in [0.25, 0.3) is 16.7 Å². The predicted octanol–water partition coefficient (Wildman–Crippen LogP) is 1.82. The van der Waals surface area contributed by atoms with Gasteiger partial charge in [0, 0.05) is 38.9 Å². The Hall–Kier alpha value is -3.33. The Labute approximate surface area is 168 Å². The van der Waals surface area contributed by atoms with E-state index >= 15 is 0 Å². The van der Waals surface area contributed by atoms with E-state index in [-0.39, 0.29) is 0 Å². The van der Waals surface area contributed by atoms with Crippen LogP contribution in [0.3, 0.4) is 0 Å². The van der Waals surface area contributed by atoms with Gasteiger partial charge in [-0.05, 0) is 40.7 Å². The van der Waals surface area contributed by atoms with E-state index in [4.69, 9.17) is 0 Å². The minimum absolute atomic E-state index is 0.602. The maximum absolute atomic E-state index is 4.69. The Balaban J connectivity index is 1.31. The van der Waals surface area contributed by atoms with Gasteiger partial charge in [-0.1, -0.05) is 25.1 Å². The van der Waals surface area contributed by atoms with Crippen LogP contribution in [-0.4, -0.2) is 67.6 Å². The van der Waals surface area contributed by atoms with Gasteiger partial charge in [0.2, 0.25) is 5.65 Å². The molecule has 1 aliphatic rings. The lowest BCUT2D eigenvalue weighted by Crippen LogP contribution is -2.46. The number of nitrogens with zero attached hydrogens (tertiary/aromatic N) is 8. The number of para-hydroxylation sites is 2. The van der Waals surface area contributed by atoms with E-state index < -0.39 is 0 Å². The molecule has 29 heavy (non-hydrogen) atoms. The quantitative estimate of drug-likeness (QED) is 0.553. The normalized spacial score (nSPS) is 15.3. The molecule has 4 heterocycles. The third-order valence-corrected chi connectivity index (χ3v) is 5.44. The molecule has 0 amide bonds. The predicted molar refractivity (Wildman–Crippen MR) is 112 cm³/mol. The van der Waals surface area contributed by atoms with Crippen LogP contribution in [-0.2, 0) is 6.54 Å². The second-order valence-corrected chi connectivity index (χ2v) is 7.16. The topological polar surface area (TPSA) is 87.4 Å². The molecule has 1 aliphatic heterocycles. The molecule has 148 valence electrons. The van der Waals surface area contributed by atoms with Crippen molar-refractivity contribution in [1.82, 2.24) is 34.9 Å². The Morgan fingerprint density at radius 1 is 1.03 bits per heavy atom. The Morgan fingerprint density at radius 2 is 1.90 bits per heavy atom. The van der Waals surface area contributed by atoms with Gasteiger partial charge in [0.15, 0.2) is 5.82 Å². The summed E-state index contributed by atoms with van der Waals surface area (Å²) in [5.41, 5.74) is 3.42. The average molecular weight is 389 g/mol. The summed E-state index contributed by atoms with van der Waals surface area (Å²) in [5, 5.41) is 15.4. The highest BCUT2D eigenvalue weighted by Gasteiger charge is 2.16. The van der Waals surface area contributed by atoms with Crippen molar-refractivity contribution in [3.05, 3.63) is 48.2 Å². The maximum atomic E-state index is 4.69. The maximum Gasteiger partial charge on any atom is 0.222 e. The van der Waals surface area contributed by atoms with Gasteiger partial charge in [-0.15, -0.1) is 5.10 Å². The zero-order chi connectivity index (χ0) is 19.6. The van der Waals surface area contributed by atoms with Gasteiger partial charge in [-0.3, -0.25) is 0 Å². The number of rotatable bonds is 5. The van der Waals surface area contributed by atoms with E-state index in [0.29, 0.717) is 18.0 Å². The summed E-state index contributed by atoms with van der Waals surface area (Å²) in [6, 6.07) is 12.0. The molecule has 0 radical (unpaired) electrons. The molecular formula is C20H23N9. The van der Waals surface area contributed by atoms with Crippen molar-refractivity contribution in [1.29, 1.82) is 0 Å². The first kappa shape index (κ1) is 17.7. The van der Waals surface area contributed by atoms with Gasteiger partial charge in [0.1, 0.15) is 5.82 Å². The van der Waals surface area contributed by atoms with Crippen LogP contribution in [0.4, 0.5) is 11.6 Å². The number of fused-ring (bicyclic) bond motifs is 3. The van der Waals surface area contributed by atoms with E-state index in [1.54, 1.807) is 4.52 Å². The lowest BCUT2D eigenvalue weighted by atomic mass is 10.2. The summed E-state index contributed by atoms with van der Waals surface area (Å²) >= 11 is 0. The molecule has 0 saturated carbocycles. The SMILES string of the molecule is CCN1CCN(c2ccc(CNc3nc4ccccc4n4nnnc34)cn2)CC1. The van der Waals surface area contributed by atoms with E-state index in [1.807, 2.05) is 30.5 Å². The fourth-order valence-corrected chi connectivity index (χ4v) is 3.71. The summed E-state index contributed by atoms with van der Waals surface area (Å²) in [6.07, 6.45) is 1.93. The highest BCUT2D eigenvalue weighted by Crippen LogP contribution is 2.20. The summed E-state index contributed by atoms with van der Waals surface area (Å²) in [6.45, 7) is 8.17. The van der Waals surface area contributed by atoms with Gasteiger partial charge in [-0.25, -0.2) is 9.97 Å². The molecule has 9 nitrogen and oxygen atoms in total.